The maximum Gasteiger partial charge on any atom is 0.488 e. The SMILES string of the molecule is CC(=O)c1cccc(B(O)O)c1.CC(C)(O)C(C)(C)O. The van der Waals surface area contributed by atoms with Gasteiger partial charge in [-0.3, -0.25) is 4.79 Å². The molecule has 1 rings (SSSR count). The molecule has 0 aliphatic heterocycles. The van der Waals surface area contributed by atoms with Crippen molar-refractivity contribution in [3.63, 3.8) is 0 Å². The summed E-state index contributed by atoms with van der Waals surface area (Å²) in [6.45, 7) is 7.74. The molecule has 0 spiro atoms. The lowest BCUT2D eigenvalue weighted by atomic mass is 9.79. The third-order valence-electron chi connectivity index (χ3n) is 3.09. The molecule has 0 fully saturated rings. The van der Waals surface area contributed by atoms with Gasteiger partial charge in [-0.25, -0.2) is 0 Å². The first-order chi connectivity index (χ1) is 8.86. The molecule has 6 heteroatoms. The maximum absolute atomic E-state index is 10.9. The highest BCUT2D eigenvalue weighted by molar-refractivity contribution is 6.58. The van der Waals surface area contributed by atoms with Crippen LogP contribution in [0.25, 0.3) is 0 Å². The van der Waals surface area contributed by atoms with E-state index < -0.39 is 18.3 Å². The molecule has 0 radical (unpaired) electrons. The lowest BCUT2D eigenvalue weighted by Crippen LogP contribution is -2.44. The summed E-state index contributed by atoms with van der Waals surface area (Å²) in [5.41, 5.74) is -1.19. The zero-order valence-electron chi connectivity index (χ0n) is 12.6. The Morgan fingerprint density at radius 2 is 1.50 bits per heavy atom. The average Bonchev–Trinajstić information content (AvgIpc) is 2.27. The summed E-state index contributed by atoms with van der Waals surface area (Å²) >= 11 is 0. The van der Waals surface area contributed by atoms with E-state index in [2.05, 4.69) is 0 Å². The standard InChI is InChI=1S/C8H9BO3.C6H14O2/c1-6(10)7-3-2-4-8(5-7)9(11)12;1-5(2,7)6(3,4)8/h2-5,11-12H,1H3;7-8H,1-4H3. The van der Waals surface area contributed by atoms with Gasteiger partial charge >= 0.3 is 7.12 Å². The van der Waals surface area contributed by atoms with Crippen molar-refractivity contribution in [2.45, 2.75) is 45.8 Å². The van der Waals surface area contributed by atoms with E-state index in [9.17, 15) is 4.79 Å². The minimum absolute atomic E-state index is 0.0856. The summed E-state index contributed by atoms with van der Waals surface area (Å²) in [7, 11) is -1.51. The van der Waals surface area contributed by atoms with Gasteiger partial charge in [-0.15, -0.1) is 0 Å². The molecule has 0 bridgehead atoms. The van der Waals surface area contributed by atoms with Crippen LogP contribution in [-0.2, 0) is 0 Å². The summed E-state index contributed by atoms with van der Waals surface area (Å²) < 4.78 is 0. The minimum Gasteiger partial charge on any atom is -0.423 e. The van der Waals surface area contributed by atoms with Gasteiger partial charge in [-0.05, 0) is 40.1 Å². The van der Waals surface area contributed by atoms with Crippen molar-refractivity contribution >= 4 is 18.4 Å². The second-order valence-electron chi connectivity index (χ2n) is 5.67. The fourth-order valence-corrected chi connectivity index (χ4v) is 0.918. The van der Waals surface area contributed by atoms with Crippen molar-refractivity contribution in [1.29, 1.82) is 0 Å². The number of carbonyl (C=O) groups excluding carboxylic acids is 1. The van der Waals surface area contributed by atoms with Crippen molar-refractivity contribution in [3.8, 4) is 0 Å². The molecule has 0 amide bonds. The minimum atomic E-state index is -1.51. The molecule has 0 aromatic heterocycles. The predicted octanol–water partition coefficient (Wildman–Crippen LogP) is 0.0972. The van der Waals surface area contributed by atoms with Crippen molar-refractivity contribution in [1.82, 2.24) is 0 Å². The average molecular weight is 282 g/mol. The van der Waals surface area contributed by atoms with Gasteiger partial charge in [-0.1, -0.05) is 24.3 Å². The quantitative estimate of drug-likeness (QED) is 0.465. The highest BCUT2D eigenvalue weighted by atomic mass is 16.4. The molecule has 5 nitrogen and oxygen atoms in total. The lowest BCUT2D eigenvalue weighted by Gasteiger charge is -2.31. The van der Waals surface area contributed by atoms with Crippen molar-refractivity contribution in [2.24, 2.45) is 0 Å². The molecule has 0 saturated carbocycles. The first kappa shape index (κ1) is 18.8. The van der Waals surface area contributed by atoms with Gasteiger partial charge in [0.1, 0.15) is 0 Å². The smallest absolute Gasteiger partial charge is 0.423 e. The molecule has 0 atom stereocenters. The Morgan fingerprint density at radius 1 is 1.05 bits per heavy atom. The van der Waals surface area contributed by atoms with Gasteiger partial charge in [0.25, 0.3) is 0 Å². The molecule has 0 aliphatic rings. The summed E-state index contributed by atoms with van der Waals surface area (Å²) in [4.78, 5) is 10.9. The Balaban J connectivity index is 0.000000396. The van der Waals surface area contributed by atoms with Gasteiger partial charge in [0.05, 0.1) is 11.2 Å². The van der Waals surface area contributed by atoms with Crippen molar-refractivity contribution < 1.29 is 25.1 Å². The van der Waals surface area contributed by atoms with Gasteiger partial charge < -0.3 is 20.3 Å². The maximum atomic E-state index is 10.9. The Kier molecular flexibility index (Phi) is 6.57. The molecule has 0 aliphatic carbocycles. The summed E-state index contributed by atoms with van der Waals surface area (Å²) in [6.07, 6.45) is 0. The summed E-state index contributed by atoms with van der Waals surface area (Å²) in [5.74, 6) is -0.0856. The number of benzene rings is 1. The van der Waals surface area contributed by atoms with Crippen LogP contribution in [-0.4, -0.2) is 44.4 Å². The summed E-state index contributed by atoms with van der Waals surface area (Å²) in [6, 6.07) is 6.27. The molecule has 112 valence electrons. The second kappa shape index (κ2) is 6.99. The monoisotopic (exact) mass is 282 g/mol. The van der Waals surface area contributed by atoms with Crippen LogP contribution in [0.5, 0.6) is 0 Å². The fraction of sp³-hybridized carbons (Fsp3) is 0.500. The molecule has 0 heterocycles. The van der Waals surface area contributed by atoms with Gasteiger partial charge in [0, 0.05) is 5.56 Å². The third kappa shape index (κ3) is 6.30. The number of Topliss-reactive ketones (excluding diaryl/α,β-unsaturated/α-hetero) is 1. The van der Waals surface area contributed by atoms with Crippen LogP contribution in [0.4, 0.5) is 0 Å². The van der Waals surface area contributed by atoms with E-state index in [1.165, 1.54) is 13.0 Å². The topological polar surface area (TPSA) is 98.0 Å². The first-order valence-electron chi connectivity index (χ1n) is 6.28. The molecule has 1 aromatic rings. The lowest BCUT2D eigenvalue weighted by molar-refractivity contribution is -0.107. The van der Waals surface area contributed by atoms with Crippen molar-refractivity contribution in [3.05, 3.63) is 29.8 Å². The fourth-order valence-electron chi connectivity index (χ4n) is 0.918. The van der Waals surface area contributed by atoms with E-state index in [0.717, 1.165) is 0 Å². The van der Waals surface area contributed by atoms with Crippen LogP contribution in [0.1, 0.15) is 45.0 Å². The van der Waals surface area contributed by atoms with E-state index in [-0.39, 0.29) is 5.78 Å². The van der Waals surface area contributed by atoms with Gasteiger partial charge in [-0.2, -0.15) is 0 Å². The van der Waals surface area contributed by atoms with Gasteiger partial charge in [0.15, 0.2) is 5.78 Å². The Labute approximate surface area is 120 Å². The normalized spacial score (nSPS) is 11.4. The number of hydrogen-bond acceptors (Lipinski definition) is 5. The zero-order chi connectivity index (χ0) is 16.1. The van der Waals surface area contributed by atoms with Crippen LogP contribution in [0.3, 0.4) is 0 Å². The van der Waals surface area contributed by atoms with Crippen LogP contribution < -0.4 is 5.46 Å². The van der Waals surface area contributed by atoms with Crippen LogP contribution in [0.15, 0.2) is 24.3 Å². The Bertz CT molecular complexity index is 432. The van der Waals surface area contributed by atoms with Crippen LogP contribution in [0.2, 0.25) is 0 Å². The Hall–Kier alpha value is -1.21. The van der Waals surface area contributed by atoms with E-state index in [4.69, 9.17) is 20.3 Å². The molecule has 4 N–H and O–H groups in total. The zero-order valence-corrected chi connectivity index (χ0v) is 12.6. The first-order valence-corrected chi connectivity index (χ1v) is 6.28. The largest absolute Gasteiger partial charge is 0.488 e. The highest BCUT2D eigenvalue weighted by Gasteiger charge is 2.31. The number of carbonyl (C=O) groups is 1. The number of ketones is 1. The van der Waals surface area contributed by atoms with E-state index in [1.807, 2.05) is 0 Å². The molecule has 1 aromatic carbocycles. The van der Waals surface area contributed by atoms with Crippen LogP contribution >= 0.6 is 0 Å². The molecule has 0 unspecified atom stereocenters. The summed E-state index contributed by atoms with van der Waals surface area (Å²) in [5, 5.41) is 35.8. The highest BCUT2D eigenvalue weighted by Crippen LogP contribution is 2.19. The second-order valence-corrected chi connectivity index (χ2v) is 5.67. The number of hydrogen-bond donors (Lipinski definition) is 4. The molecule has 0 saturated heterocycles. The predicted molar refractivity (Wildman–Crippen MR) is 78.9 cm³/mol. The van der Waals surface area contributed by atoms with Gasteiger partial charge in [0.2, 0.25) is 0 Å². The number of aliphatic hydroxyl groups is 2. The molecular formula is C14H23BO5. The number of rotatable bonds is 3. The molecular weight excluding hydrogens is 259 g/mol. The molecule has 20 heavy (non-hydrogen) atoms. The van der Waals surface area contributed by atoms with Crippen molar-refractivity contribution in [2.75, 3.05) is 0 Å². The van der Waals surface area contributed by atoms with E-state index >= 15 is 0 Å². The third-order valence-corrected chi connectivity index (χ3v) is 3.09. The van der Waals surface area contributed by atoms with Crippen LogP contribution in [0, 0.1) is 0 Å². The van der Waals surface area contributed by atoms with E-state index in [1.54, 1.807) is 45.9 Å². The van der Waals surface area contributed by atoms with E-state index in [0.29, 0.717) is 11.0 Å². The Morgan fingerprint density at radius 3 is 1.80 bits per heavy atom.